The van der Waals surface area contributed by atoms with Crippen LogP contribution in [0.15, 0.2) is 24.3 Å². The first-order chi connectivity index (χ1) is 7.65. The third-order valence-corrected chi connectivity index (χ3v) is 3.50. The zero-order valence-corrected chi connectivity index (χ0v) is 10.7. The Morgan fingerprint density at radius 2 is 2.06 bits per heavy atom. The Morgan fingerprint density at radius 1 is 1.38 bits per heavy atom. The molecule has 1 aliphatic rings. The molecule has 3 heteroatoms. The zero-order chi connectivity index (χ0) is 11.5. The first-order valence-electron chi connectivity index (χ1n) is 5.85. The maximum absolute atomic E-state index is 5.88. The molecule has 2 rings (SSSR count). The molecule has 0 spiro atoms. The summed E-state index contributed by atoms with van der Waals surface area (Å²) >= 11 is 5.88. The van der Waals surface area contributed by atoms with Gasteiger partial charge in [0.1, 0.15) is 0 Å². The van der Waals surface area contributed by atoms with Crippen LogP contribution in [0.1, 0.15) is 24.9 Å². The van der Waals surface area contributed by atoms with Crippen LogP contribution in [0.4, 0.5) is 0 Å². The van der Waals surface area contributed by atoms with Crippen molar-refractivity contribution < 1.29 is 0 Å². The van der Waals surface area contributed by atoms with Crippen LogP contribution in [0.5, 0.6) is 0 Å². The third kappa shape index (κ3) is 2.97. The van der Waals surface area contributed by atoms with E-state index in [1.165, 1.54) is 18.5 Å². The fraction of sp³-hybridized carbons (Fsp3) is 0.538. The molecule has 1 saturated heterocycles. The summed E-state index contributed by atoms with van der Waals surface area (Å²) in [7, 11) is 2.18. The number of halogens is 1. The number of likely N-dealkylation sites (N-methyl/N-ethyl adjacent to an activating group) is 1. The van der Waals surface area contributed by atoms with Crippen molar-refractivity contribution in [2.45, 2.75) is 25.4 Å². The van der Waals surface area contributed by atoms with Crippen LogP contribution >= 0.6 is 11.6 Å². The van der Waals surface area contributed by atoms with Crippen LogP contribution in [0.2, 0.25) is 5.02 Å². The minimum absolute atomic E-state index is 0.397. The van der Waals surface area contributed by atoms with Crippen molar-refractivity contribution in [3.8, 4) is 0 Å². The van der Waals surface area contributed by atoms with Gasteiger partial charge in [-0.1, -0.05) is 23.7 Å². The van der Waals surface area contributed by atoms with Crippen LogP contribution in [0.25, 0.3) is 0 Å². The molecule has 0 saturated carbocycles. The molecule has 2 atom stereocenters. The molecular weight excluding hydrogens is 220 g/mol. The number of benzene rings is 1. The van der Waals surface area contributed by atoms with E-state index in [9.17, 15) is 0 Å². The maximum atomic E-state index is 5.88. The molecule has 0 bridgehead atoms. The largest absolute Gasteiger partial charge is 0.306 e. The summed E-state index contributed by atoms with van der Waals surface area (Å²) in [6.07, 6.45) is 1.24. The second-order valence-electron chi connectivity index (χ2n) is 4.69. The van der Waals surface area contributed by atoms with Crippen molar-refractivity contribution in [3.05, 3.63) is 34.9 Å². The van der Waals surface area contributed by atoms with Gasteiger partial charge in [0.25, 0.3) is 0 Å². The van der Waals surface area contributed by atoms with Crippen molar-refractivity contribution >= 4 is 11.6 Å². The summed E-state index contributed by atoms with van der Waals surface area (Å²) in [6, 6.07) is 9.12. The first kappa shape index (κ1) is 11.9. The van der Waals surface area contributed by atoms with Gasteiger partial charge in [0.2, 0.25) is 0 Å². The second-order valence-corrected chi connectivity index (χ2v) is 5.12. The summed E-state index contributed by atoms with van der Waals surface area (Å²) in [6.45, 7) is 4.56. The highest BCUT2D eigenvalue weighted by atomic mass is 35.5. The van der Waals surface area contributed by atoms with E-state index in [1.807, 2.05) is 12.1 Å². The van der Waals surface area contributed by atoms with E-state index in [0.29, 0.717) is 12.1 Å². The standard InChI is InChI=1S/C13H19ClN2/c1-10(11-3-5-12(14)6-4-11)15-13-7-8-16(2)9-13/h3-6,10,13,15H,7-9H2,1-2H3/t10-,13?/m1/s1. The first-order valence-corrected chi connectivity index (χ1v) is 6.23. The zero-order valence-electron chi connectivity index (χ0n) is 9.91. The molecule has 1 aliphatic heterocycles. The van der Waals surface area contributed by atoms with Gasteiger partial charge in [-0.2, -0.15) is 0 Å². The quantitative estimate of drug-likeness (QED) is 0.871. The lowest BCUT2D eigenvalue weighted by atomic mass is 10.1. The number of nitrogens with one attached hydrogen (secondary N) is 1. The third-order valence-electron chi connectivity index (χ3n) is 3.25. The predicted octanol–water partition coefficient (Wildman–Crippen LogP) is 2.69. The SMILES string of the molecule is C[C@@H](NC1CCN(C)C1)c1ccc(Cl)cc1. The highest BCUT2D eigenvalue weighted by molar-refractivity contribution is 6.30. The van der Waals surface area contributed by atoms with Gasteiger partial charge >= 0.3 is 0 Å². The number of nitrogens with zero attached hydrogens (tertiary/aromatic N) is 1. The molecule has 16 heavy (non-hydrogen) atoms. The summed E-state index contributed by atoms with van der Waals surface area (Å²) in [4.78, 5) is 2.37. The van der Waals surface area contributed by atoms with Crippen LogP contribution in [0.3, 0.4) is 0 Å². The number of rotatable bonds is 3. The normalized spacial score (nSPS) is 23.6. The average molecular weight is 239 g/mol. The van der Waals surface area contributed by atoms with E-state index in [0.717, 1.165) is 11.6 Å². The summed E-state index contributed by atoms with van der Waals surface area (Å²) in [5.74, 6) is 0. The van der Waals surface area contributed by atoms with Crippen molar-refractivity contribution in [2.75, 3.05) is 20.1 Å². The highest BCUT2D eigenvalue weighted by Gasteiger charge is 2.20. The highest BCUT2D eigenvalue weighted by Crippen LogP contribution is 2.18. The fourth-order valence-electron chi connectivity index (χ4n) is 2.27. The minimum atomic E-state index is 0.397. The fourth-order valence-corrected chi connectivity index (χ4v) is 2.40. The lowest BCUT2D eigenvalue weighted by Gasteiger charge is -2.19. The summed E-state index contributed by atoms with van der Waals surface area (Å²) in [5.41, 5.74) is 1.30. The van der Waals surface area contributed by atoms with Gasteiger partial charge in [-0.25, -0.2) is 0 Å². The number of hydrogen-bond donors (Lipinski definition) is 1. The van der Waals surface area contributed by atoms with Crippen molar-refractivity contribution in [1.82, 2.24) is 10.2 Å². The Bertz CT molecular complexity index is 336. The van der Waals surface area contributed by atoms with Crippen LogP contribution in [0, 0.1) is 0 Å². The average Bonchev–Trinajstić information content (AvgIpc) is 2.65. The van der Waals surface area contributed by atoms with E-state index in [-0.39, 0.29) is 0 Å². The molecule has 0 amide bonds. The van der Waals surface area contributed by atoms with Gasteiger partial charge in [0.05, 0.1) is 0 Å². The van der Waals surface area contributed by atoms with E-state index < -0.39 is 0 Å². The maximum Gasteiger partial charge on any atom is 0.0406 e. The van der Waals surface area contributed by atoms with Gasteiger partial charge < -0.3 is 10.2 Å². The van der Waals surface area contributed by atoms with Crippen LogP contribution < -0.4 is 5.32 Å². The van der Waals surface area contributed by atoms with E-state index in [4.69, 9.17) is 11.6 Å². The Balaban J connectivity index is 1.92. The smallest absolute Gasteiger partial charge is 0.0406 e. The second kappa shape index (κ2) is 5.17. The summed E-state index contributed by atoms with van der Waals surface area (Å²) < 4.78 is 0. The van der Waals surface area contributed by atoms with Crippen LogP contribution in [-0.2, 0) is 0 Å². The molecular formula is C13H19ClN2. The van der Waals surface area contributed by atoms with Gasteiger partial charge in [0.15, 0.2) is 0 Å². The van der Waals surface area contributed by atoms with Crippen molar-refractivity contribution in [1.29, 1.82) is 0 Å². The molecule has 0 radical (unpaired) electrons. The van der Waals surface area contributed by atoms with Gasteiger partial charge in [-0.3, -0.25) is 0 Å². The summed E-state index contributed by atoms with van der Waals surface area (Å²) in [5, 5.41) is 4.46. The molecule has 1 unspecified atom stereocenters. The number of hydrogen-bond acceptors (Lipinski definition) is 2. The lowest BCUT2D eigenvalue weighted by molar-refractivity contribution is 0.387. The predicted molar refractivity (Wildman–Crippen MR) is 68.9 cm³/mol. The molecule has 1 fully saturated rings. The topological polar surface area (TPSA) is 15.3 Å². The molecule has 0 aromatic heterocycles. The van der Waals surface area contributed by atoms with Crippen molar-refractivity contribution in [3.63, 3.8) is 0 Å². The minimum Gasteiger partial charge on any atom is -0.306 e. The van der Waals surface area contributed by atoms with Crippen molar-refractivity contribution in [2.24, 2.45) is 0 Å². The molecule has 1 heterocycles. The lowest BCUT2D eigenvalue weighted by Crippen LogP contribution is -2.33. The molecule has 88 valence electrons. The molecule has 0 aliphatic carbocycles. The van der Waals surface area contributed by atoms with E-state index in [1.54, 1.807) is 0 Å². The Labute approximate surface area is 103 Å². The van der Waals surface area contributed by atoms with Gasteiger partial charge in [0, 0.05) is 23.7 Å². The van der Waals surface area contributed by atoms with E-state index in [2.05, 4.69) is 36.3 Å². The van der Waals surface area contributed by atoms with E-state index >= 15 is 0 Å². The monoisotopic (exact) mass is 238 g/mol. The molecule has 1 aromatic carbocycles. The Hall–Kier alpha value is -0.570. The van der Waals surface area contributed by atoms with Gasteiger partial charge in [-0.05, 0) is 44.6 Å². The van der Waals surface area contributed by atoms with Crippen LogP contribution in [-0.4, -0.2) is 31.1 Å². The molecule has 1 aromatic rings. The Morgan fingerprint density at radius 3 is 2.62 bits per heavy atom. The Kier molecular flexibility index (Phi) is 3.85. The number of likely N-dealkylation sites (tertiary alicyclic amines) is 1. The molecule has 2 nitrogen and oxygen atoms in total. The molecule has 1 N–H and O–H groups in total. The van der Waals surface area contributed by atoms with Gasteiger partial charge in [-0.15, -0.1) is 0 Å².